The van der Waals surface area contributed by atoms with Gasteiger partial charge in [-0.05, 0) is 54.5 Å². The van der Waals surface area contributed by atoms with Gasteiger partial charge in [0.2, 0.25) is 0 Å². The number of benzene rings is 1. The lowest BCUT2D eigenvalue weighted by Gasteiger charge is -2.42. The van der Waals surface area contributed by atoms with Crippen molar-refractivity contribution in [1.82, 2.24) is 34.9 Å². The van der Waals surface area contributed by atoms with Gasteiger partial charge in [-0.25, -0.2) is 32.2 Å². The summed E-state index contributed by atoms with van der Waals surface area (Å²) in [5.41, 5.74) is 1.56. The molecule has 0 bridgehead atoms. The summed E-state index contributed by atoms with van der Waals surface area (Å²) < 4.78 is 60.7. The van der Waals surface area contributed by atoms with Gasteiger partial charge in [-0.1, -0.05) is 26.8 Å². The molecule has 0 radical (unpaired) electrons. The van der Waals surface area contributed by atoms with Crippen LogP contribution in [0.2, 0.25) is 0 Å². The molecule has 0 saturated carbocycles. The molecule has 1 saturated heterocycles. The lowest BCUT2D eigenvalue weighted by atomic mass is 9.62. The molecule has 13 heteroatoms. The highest BCUT2D eigenvalue weighted by molar-refractivity contribution is 7.91. The third-order valence-corrected chi connectivity index (χ3v) is 10.2. The molecule has 214 valence electrons. The predicted molar refractivity (Wildman–Crippen MR) is 145 cm³/mol. The molecular formula is C28H29F2N7O3S. The Bertz CT molecular complexity index is 1710. The molecule has 41 heavy (non-hydrogen) atoms. The maximum Gasteiger partial charge on any atom is 0.252 e. The highest BCUT2D eigenvalue weighted by Gasteiger charge is 2.46. The molecule has 1 aromatic carbocycles. The van der Waals surface area contributed by atoms with E-state index in [9.17, 15) is 17.2 Å². The van der Waals surface area contributed by atoms with Gasteiger partial charge in [0.25, 0.3) is 5.95 Å². The number of fused-ring (bicyclic) bond motifs is 1. The molecule has 4 heterocycles. The van der Waals surface area contributed by atoms with Gasteiger partial charge in [-0.3, -0.25) is 0 Å². The number of rotatable bonds is 7. The van der Waals surface area contributed by atoms with Crippen LogP contribution in [0.1, 0.15) is 62.3 Å². The van der Waals surface area contributed by atoms with Gasteiger partial charge in [0.15, 0.2) is 15.7 Å². The molecule has 0 spiro atoms. The Morgan fingerprint density at radius 1 is 1.12 bits per heavy atom. The molecule has 1 aliphatic heterocycles. The number of hydrogen-bond donors (Lipinski definition) is 0. The van der Waals surface area contributed by atoms with Gasteiger partial charge in [-0.2, -0.15) is 9.78 Å². The van der Waals surface area contributed by atoms with Crippen molar-refractivity contribution in [2.45, 2.75) is 55.9 Å². The van der Waals surface area contributed by atoms with E-state index in [1.165, 1.54) is 29.2 Å². The SMILES string of the molecule is CC(C)[C@]1(c2ccnc(-n3cnc(CS(=O)(=O)C4COC4)n3)n2)CC[C@H](C)c2cc(-c3c(F)cccc3F)nnc21. The van der Waals surface area contributed by atoms with Crippen molar-refractivity contribution >= 4 is 9.84 Å². The number of halogens is 2. The maximum atomic E-state index is 14.6. The van der Waals surface area contributed by atoms with Gasteiger partial charge in [0.1, 0.15) is 29.0 Å². The number of sulfone groups is 1. The minimum Gasteiger partial charge on any atom is -0.379 e. The fraction of sp³-hybridized carbons (Fsp3) is 0.429. The average Bonchev–Trinajstić information content (AvgIpc) is 3.35. The highest BCUT2D eigenvalue weighted by atomic mass is 32.2. The van der Waals surface area contributed by atoms with Crippen molar-refractivity contribution in [3.05, 3.63) is 77.3 Å². The Morgan fingerprint density at radius 2 is 1.88 bits per heavy atom. The first-order chi connectivity index (χ1) is 19.6. The summed E-state index contributed by atoms with van der Waals surface area (Å²) in [7, 11) is -3.43. The topological polar surface area (TPSA) is 126 Å². The average molecular weight is 582 g/mol. The first-order valence-electron chi connectivity index (χ1n) is 13.5. The minimum atomic E-state index is -3.43. The van der Waals surface area contributed by atoms with Crippen LogP contribution in [0.15, 0.2) is 42.9 Å². The number of aromatic nitrogens is 7. The predicted octanol–water partition coefficient (Wildman–Crippen LogP) is 3.95. The summed E-state index contributed by atoms with van der Waals surface area (Å²) in [6, 6.07) is 7.30. The molecule has 2 aliphatic rings. The van der Waals surface area contributed by atoms with Crippen molar-refractivity contribution in [2.24, 2.45) is 5.92 Å². The van der Waals surface area contributed by atoms with Crippen molar-refractivity contribution < 1.29 is 21.9 Å². The summed E-state index contributed by atoms with van der Waals surface area (Å²) in [4.78, 5) is 13.4. The molecule has 6 rings (SSSR count). The van der Waals surface area contributed by atoms with Crippen molar-refractivity contribution in [2.75, 3.05) is 13.2 Å². The van der Waals surface area contributed by atoms with Gasteiger partial charge in [0, 0.05) is 6.20 Å². The van der Waals surface area contributed by atoms with E-state index < -0.39 is 32.1 Å². The van der Waals surface area contributed by atoms with Crippen LogP contribution < -0.4 is 0 Å². The van der Waals surface area contributed by atoms with Crippen LogP contribution in [0.4, 0.5) is 8.78 Å². The van der Waals surface area contributed by atoms with E-state index in [0.717, 1.165) is 18.4 Å². The van der Waals surface area contributed by atoms with Crippen molar-refractivity contribution in [3.63, 3.8) is 0 Å². The lowest BCUT2D eigenvalue weighted by molar-refractivity contribution is 0.0415. The monoisotopic (exact) mass is 581 g/mol. The normalized spacial score (nSPS) is 21.1. The van der Waals surface area contributed by atoms with E-state index in [4.69, 9.17) is 9.72 Å². The van der Waals surface area contributed by atoms with E-state index >= 15 is 0 Å². The second-order valence-corrected chi connectivity index (χ2v) is 13.3. The molecule has 1 aliphatic carbocycles. The zero-order chi connectivity index (χ0) is 28.9. The second-order valence-electron chi connectivity index (χ2n) is 11.0. The van der Waals surface area contributed by atoms with Gasteiger partial charge in [-0.15, -0.1) is 10.2 Å². The Balaban J connectivity index is 1.39. The molecule has 2 atom stereocenters. The summed E-state index contributed by atoms with van der Waals surface area (Å²) >= 11 is 0. The fourth-order valence-corrected chi connectivity index (χ4v) is 7.04. The highest BCUT2D eigenvalue weighted by Crippen LogP contribution is 2.50. The summed E-state index contributed by atoms with van der Waals surface area (Å²) in [5.74, 6) is -1.18. The number of ether oxygens (including phenoxy) is 1. The second kappa shape index (κ2) is 10.3. The third kappa shape index (κ3) is 4.70. The van der Waals surface area contributed by atoms with Crippen LogP contribution in [-0.2, 0) is 25.7 Å². The van der Waals surface area contributed by atoms with Gasteiger partial charge >= 0.3 is 0 Å². The largest absolute Gasteiger partial charge is 0.379 e. The Labute approximate surface area is 236 Å². The Hall–Kier alpha value is -3.71. The first kappa shape index (κ1) is 27.5. The molecule has 3 aromatic heterocycles. The number of hydrogen-bond acceptors (Lipinski definition) is 9. The fourth-order valence-electron chi connectivity index (χ4n) is 5.70. The van der Waals surface area contributed by atoms with E-state index in [1.807, 2.05) is 6.07 Å². The summed E-state index contributed by atoms with van der Waals surface area (Å²) in [6.45, 7) is 6.60. The molecule has 10 nitrogen and oxygen atoms in total. The van der Waals surface area contributed by atoms with Crippen LogP contribution >= 0.6 is 0 Å². The van der Waals surface area contributed by atoms with Crippen LogP contribution in [0.5, 0.6) is 0 Å². The molecule has 1 fully saturated rings. The minimum absolute atomic E-state index is 0.0305. The summed E-state index contributed by atoms with van der Waals surface area (Å²) in [6.07, 6.45) is 4.54. The van der Waals surface area contributed by atoms with Crippen LogP contribution in [0, 0.1) is 17.6 Å². The van der Waals surface area contributed by atoms with E-state index in [-0.39, 0.29) is 53.8 Å². The smallest absolute Gasteiger partial charge is 0.252 e. The van der Waals surface area contributed by atoms with Crippen molar-refractivity contribution in [1.29, 1.82) is 0 Å². The zero-order valence-electron chi connectivity index (χ0n) is 22.8. The van der Waals surface area contributed by atoms with E-state index in [1.54, 1.807) is 12.3 Å². The van der Waals surface area contributed by atoms with Gasteiger partial charge in [0.05, 0.1) is 41.3 Å². The standard InChI is InChI=1S/C28H29F2N7O3S/c1-16(2)28(9-7-17(3)19-11-22(34-35-26(19)28)25-20(29)5-4-6-21(25)30)23-8-10-31-27(33-23)37-15-32-24(36-37)14-41(38,39)18-12-40-13-18/h4-6,8,10-11,15-18H,7,9,12-14H2,1-3H3/t17-,28-/m0/s1. The lowest BCUT2D eigenvalue weighted by Crippen LogP contribution is -2.41. The van der Waals surface area contributed by atoms with Crippen LogP contribution in [-0.4, -0.2) is 61.8 Å². The Kier molecular flexibility index (Phi) is 6.89. The molecule has 0 unspecified atom stereocenters. The first-order valence-corrected chi connectivity index (χ1v) is 15.2. The van der Waals surface area contributed by atoms with Crippen LogP contribution in [0.3, 0.4) is 0 Å². The Morgan fingerprint density at radius 3 is 2.56 bits per heavy atom. The molecule has 0 amide bonds. The van der Waals surface area contributed by atoms with E-state index in [0.29, 0.717) is 11.4 Å². The molecular weight excluding hydrogens is 552 g/mol. The van der Waals surface area contributed by atoms with Crippen molar-refractivity contribution in [3.8, 4) is 17.2 Å². The maximum absolute atomic E-state index is 14.6. The summed E-state index contributed by atoms with van der Waals surface area (Å²) in [5, 5.41) is 12.7. The quantitative estimate of drug-likeness (QED) is 0.319. The van der Waals surface area contributed by atoms with Gasteiger partial charge < -0.3 is 4.74 Å². The molecule has 0 N–H and O–H groups in total. The number of nitrogens with zero attached hydrogens (tertiary/aromatic N) is 7. The third-order valence-electron chi connectivity index (χ3n) is 8.24. The zero-order valence-corrected chi connectivity index (χ0v) is 23.6. The molecule has 4 aromatic rings. The van der Waals surface area contributed by atoms with E-state index in [2.05, 4.69) is 46.0 Å². The van der Waals surface area contributed by atoms with Crippen LogP contribution in [0.25, 0.3) is 17.2 Å².